The molecule has 0 aliphatic carbocycles. The van der Waals surface area contributed by atoms with Crippen molar-refractivity contribution in [3.63, 3.8) is 0 Å². The molecule has 0 bridgehead atoms. The van der Waals surface area contributed by atoms with Crippen LogP contribution in [0, 0.1) is 5.82 Å². The standard InChI is InChI=1S/C13H14FNO3S/c1-16-10-6-4-5-8(14)11(10)12-15-9(7-19-12)13(17-2)18-3/h4-7,13H,1-3H3. The van der Waals surface area contributed by atoms with Crippen LogP contribution in [-0.4, -0.2) is 26.3 Å². The van der Waals surface area contributed by atoms with Crippen molar-refractivity contribution in [1.82, 2.24) is 4.98 Å². The molecule has 1 aromatic heterocycles. The number of hydrogen-bond donors (Lipinski definition) is 0. The van der Waals surface area contributed by atoms with Crippen molar-refractivity contribution in [2.75, 3.05) is 21.3 Å². The van der Waals surface area contributed by atoms with Gasteiger partial charge in [-0.3, -0.25) is 0 Å². The molecule has 0 amide bonds. The molecule has 0 N–H and O–H groups in total. The molecule has 0 atom stereocenters. The summed E-state index contributed by atoms with van der Waals surface area (Å²) in [4.78, 5) is 4.34. The fourth-order valence-corrected chi connectivity index (χ4v) is 2.60. The summed E-state index contributed by atoms with van der Waals surface area (Å²) < 4.78 is 29.3. The van der Waals surface area contributed by atoms with Gasteiger partial charge in [0.05, 0.1) is 12.7 Å². The fourth-order valence-electron chi connectivity index (χ4n) is 1.73. The summed E-state index contributed by atoms with van der Waals surface area (Å²) in [7, 11) is 4.55. The van der Waals surface area contributed by atoms with Gasteiger partial charge in [0.15, 0.2) is 0 Å². The Balaban J connectivity index is 2.43. The summed E-state index contributed by atoms with van der Waals surface area (Å²) in [5.41, 5.74) is 0.961. The molecule has 0 unspecified atom stereocenters. The van der Waals surface area contributed by atoms with Crippen molar-refractivity contribution in [3.05, 3.63) is 35.1 Å². The number of ether oxygens (including phenoxy) is 3. The highest BCUT2D eigenvalue weighted by Gasteiger charge is 2.18. The van der Waals surface area contributed by atoms with Crippen molar-refractivity contribution in [2.45, 2.75) is 6.29 Å². The summed E-state index contributed by atoms with van der Waals surface area (Å²) in [5.74, 6) is 0.0823. The van der Waals surface area contributed by atoms with Crippen LogP contribution in [0.3, 0.4) is 0 Å². The number of thiazole rings is 1. The van der Waals surface area contributed by atoms with E-state index in [0.29, 0.717) is 22.0 Å². The van der Waals surface area contributed by atoms with Gasteiger partial charge < -0.3 is 14.2 Å². The molecule has 19 heavy (non-hydrogen) atoms. The molecule has 0 radical (unpaired) electrons. The molecule has 0 spiro atoms. The largest absolute Gasteiger partial charge is 0.496 e. The maximum atomic E-state index is 13.9. The van der Waals surface area contributed by atoms with Crippen LogP contribution < -0.4 is 4.74 Å². The van der Waals surface area contributed by atoms with Crippen LogP contribution >= 0.6 is 11.3 Å². The van der Waals surface area contributed by atoms with Gasteiger partial charge in [0.2, 0.25) is 6.29 Å². The molecule has 1 aromatic carbocycles. The number of hydrogen-bond acceptors (Lipinski definition) is 5. The zero-order chi connectivity index (χ0) is 13.8. The Morgan fingerprint density at radius 2 is 1.95 bits per heavy atom. The molecular formula is C13H14FNO3S. The zero-order valence-electron chi connectivity index (χ0n) is 10.8. The zero-order valence-corrected chi connectivity index (χ0v) is 11.7. The van der Waals surface area contributed by atoms with Crippen molar-refractivity contribution >= 4 is 11.3 Å². The van der Waals surface area contributed by atoms with Gasteiger partial charge in [-0.15, -0.1) is 11.3 Å². The van der Waals surface area contributed by atoms with Gasteiger partial charge in [0, 0.05) is 19.6 Å². The maximum Gasteiger partial charge on any atom is 0.201 e. The topological polar surface area (TPSA) is 40.6 Å². The number of nitrogens with zero attached hydrogens (tertiary/aromatic N) is 1. The Hall–Kier alpha value is -1.50. The van der Waals surface area contributed by atoms with Gasteiger partial charge in [0.25, 0.3) is 0 Å². The van der Waals surface area contributed by atoms with Crippen molar-refractivity contribution in [2.24, 2.45) is 0 Å². The predicted molar refractivity (Wildman–Crippen MR) is 70.8 cm³/mol. The Bertz CT molecular complexity index is 555. The van der Waals surface area contributed by atoms with E-state index in [4.69, 9.17) is 14.2 Å². The van der Waals surface area contributed by atoms with Crippen LogP contribution in [0.2, 0.25) is 0 Å². The second-order valence-electron chi connectivity index (χ2n) is 3.70. The lowest BCUT2D eigenvalue weighted by molar-refractivity contribution is -0.108. The Labute approximate surface area is 114 Å². The monoisotopic (exact) mass is 283 g/mol. The lowest BCUT2D eigenvalue weighted by Crippen LogP contribution is -2.03. The van der Waals surface area contributed by atoms with Crippen LogP contribution in [0.4, 0.5) is 4.39 Å². The molecular weight excluding hydrogens is 269 g/mol. The van der Waals surface area contributed by atoms with Gasteiger partial charge in [-0.1, -0.05) is 6.07 Å². The molecule has 6 heteroatoms. The number of methoxy groups -OCH3 is 3. The van der Waals surface area contributed by atoms with E-state index < -0.39 is 6.29 Å². The molecule has 0 saturated heterocycles. The van der Waals surface area contributed by atoms with Gasteiger partial charge in [-0.05, 0) is 12.1 Å². The SMILES string of the molecule is COc1cccc(F)c1-c1nc(C(OC)OC)cs1. The quantitative estimate of drug-likeness (QED) is 0.790. The van der Waals surface area contributed by atoms with Crippen LogP contribution in [0.15, 0.2) is 23.6 Å². The first-order chi connectivity index (χ1) is 9.21. The van der Waals surface area contributed by atoms with Crippen molar-refractivity contribution in [1.29, 1.82) is 0 Å². The van der Waals surface area contributed by atoms with E-state index in [2.05, 4.69) is 4.98 Å². The van der Waals surface area contributed by atoms with E-state index in [0.717, 1.165) is 0 Å². The first-order valence-corrected chi connectivity index (χ1v) is 6.43. The highest BCUT2D eigenvalue weighted by Crippen LogP contribution is 2.35. The molecule has 2 aromatic rings. The average molecular weight is 283 g/mol. The lowest BCUT2D eigenvalue weighted by atomic mass is 10.2. The highest BCUT2D eigenvalue weighted by atomic mass is 32.1. The molecule has 0 saturated carbocycles. The number of rotatable bonds is 5. The lowest BCUT2D eigenvalue weighted by Gasteiger charge is -2.10. The summed E-state index contributed by atoms with van der Waals surface area (Å²) in [5, 5.41) is 2.31. The van der Waals surface area contributed by atoms with E-state index in [9.17, 15) is 4.39 Å². The molecule has 0 aliphatic rings. The molecule has 1 heterocycles. The van der Waals surface area contributed by atoms with Crippen LogP contribution in [0.25, 0.3) is 10.6 Å². The van der Waals surface area contributed by atoms with E-state index >= 15 is 0 Å². The van der Waals surface area contributed by atoms with Gasteiger partial charge >= 0.3 is 0 Å². The van der Waals surface area contributed by atoms with Gasteiger partial charge in [0.1, 0.15) is 22.3 Å². The third kappa shape index (κ3) is 2.75. The minimum absolute atomic E-state index is 0.354. The third-order valence-electron chi connectivity index (χ3n) is 2.60. The van der Waals surface area contributed by atoms with Gasteiger partial charge in [-0.25, -0.2) is 9.37 Å². The minimum atomic E-state index is -0.553. The fraction of sp³-hybridized carbons (Fsp3) is 0.308. The van der Waals surface area contributed by atoms with E-state index in [1.807, 2.05) is 0 Å². The molecule has 2 rings (SSSR count). The maximum absolute atomic E-state index is 13.9. The normalized spacial score (nSPS) is 11.0. The smallest absolute Gasteiger partial charge is 0.201 e. The van der Waals surface area contributed by atoms with Crippen LogP contribution in [-0.2, 0) is 9.47 Å². The average Bonchev–Trinajstić information content (AvgIpc) is 2.89. The van der Waals surface area contributed by atoms with E-state index in [1.165, 1.54) is 38.7 Å². The van der Waals surface area contributed by atoms with Gasteiger partial charge in [-0.2, -0.15) is 0 Å². The summed E-state index contributed by atoms with van der Waals surface area (Å²) in [6, 6.07) is 4.67. The molecule has 102 valence electrons. The number of halogens is 1. The van der Waals surface area contributed by atoms with Crippen LogP contribution in [0.1, 0.15) is 12.0 Å². The third-order valence-corrected chi connectivity index (χ3v) is 3.48. The first-order valence-electron chi connectivity index (χ1n) is 5.55. The van der Waals surface area contributed by atoms with E-state index in [1.54, 1.807) is 17.5 Å². The van der Waals surface area contributed by atoms with E-state index in [-0.39, 0.29) is 5.82 Å². The van der Waals surface area contributed by atoms with Crippen LogP contribution in [0.5, 0.6) is 5.75 Å². The number of aromatic nitrogens is 1. The second-order valence-corrected chi connectivity index (χ2v) is 4.56. The first kappa shape index (κ1) is 13.9. The Morgan fingerprint density at radius 1 is 1.21 bits per heavy atom. The predicted octanol–water partition coefficient (Wildman–Crippen LogP) is 3.25. The van der Waals surface area contributed by atoms with Crippen molar-refractivity contribution < 1.29 is 18.6 Å². The Kier molecular flexibility index (Phi) is 4.47. The molecule has 0 fully saturated rings. The molecule has 4 nitrogen and oxygen atoms in total. The Morgan fingerprint density at radius 3 is 2.58 bits per heavy atom. The summed E-state index contributed by atoms with van der Waals surface area (Å²) in [6.45, 7) is 0. The minimum Gasteiger partial charge on any atom is -0.496 e. The highest BCUT2D eigenvalue weighted by molar-refractivity contribution is 7.13. The molecule has 0 aliphatic heterocycles. The number of benzene rings is 1. The summed E-state index contributed by atoms with van der Waals surface area (Å²) in [6.07, 6.45) is -0.553. The van der Waals surface area contributed by atoms with Crippen molar-refractivity contribution in [3.8, 4) is 16.3 Å². The second kappa shape index (κ2) is 6.10. The summed E-state index contributed by atoms with van der Waals surface area (Å²) >= 11 is 1.31.